The number of amides is 1. The van der Waals surface area contributed by atoms with Crippen molar-refractivity contribution in [3.8, 4) is 5.75 Å². The van der Waals surface area contributed by atoms with Gasteiger partial charge in [-0.05, 0) is 13.0 Å². The largest absolute Gasteiger partial charge is 0.508 e. The minimum atomic E-state index is -0.595. The highest BCUT2D eigenvalue weighted by molar-refractivity contribution is 6.42. The summed E-state index contributed by atoms with van der Waals surface area (Å²) in [5.41, 5.74) is 2.00. The van der Waals surface area contributed by atoms with Gasteiger partial charge in [-0.25, -0.2) is 0 Å². The van der Waals surface area contributed by atoms with Gasteiger partial charge in [0.1, 0.15) is 5.75 Å². The van der Waals surface area contributed by atoms with Gasteiger partial charge in [0.15, 0.2) is 0 Å². The molecule has 0 radical (unpaired) electrons. The Balaban J connectivity index is 2.10. The summed E-state index contributed by atoms with van der Waals surface area (Å²) < 4.78 is 0. The number of likely N-dealkylation sites (N-methyl/N-ethyl adjacent to an activating group) is 1. The van der Waals surface area contributed by atoms with Crippen LogP contribution < -0.4 is 0 Å². The zero-order valence-electron chi connectivity index (χ0n) is 12.0. The molecule has 108 valence electrons. The topological polar surface area (TPSA) is 57.6 Å². The summed E-state index contributed by atoms with van der Waals surface area (Å²) in [5.74, 6) is -1.03. The molecule has 0 spiro atoms. The predicted octanol–water partition coefficient (Wildman–Crippen LogP) is 2.54. The molecule has 0 saturated heterocycles. The molecule has 4 heteroatoms. The molecule has 2 rings (SSSR count). The zero-order valence-corrected chi connectivity index (χ0v) is 12.0. The van der Waals surface area contributed by atoms with Crippen molar-refractivity contribution < 1.29 is 14.7 Å². The molecule has 0 unspecified atom stereocenters. The molecule has 0 aliphatic rings. The zero-order chi connectivity index (χ0) is 15.4. The summed E-state index contributed by atoms with van der Waals surface area (Å²) in [6.07, 6.45) is 0. The number of aryl methyl sites for hydroxylation is 1. The standard InChI is InChI=1S/C17H17NO3/c1-12-7-9-13(10-8-12)16(20)17(21)18(2)11-14-5-3-4-6-15(14)19/h3-10,19H,11H2,1-2H3. The van der Waals surface area contributed by atoms with Gasteiger partial charge in [-0.2, -0.15) is 0 Å². The molecule has 0 aliphatic heterocycles. The number of aromatic hydroxyl groups is 1. The Hall–Kier alpha value is -2.62. The highest BCUT2D eigenvalue weighted by Gasteiger charge is 2.21. The van der Waals surface area contributed by atoms with E-state index in [0.717, 1.165) is 5.56 Å². The van der Waals surface area contributed by atoms with E-state index in [4.69, 9.17) is 0 Å². The molecule has 1 amide bonds. The van der Waals surface area contributed by atoms with Crippen LogP contribution in [0.2, 0.25) is 0 Å². The maximum absolute atomic E-state index is 12.1. The van der Waals surface area contributed by atoms with Crippen LogP contribution >= 0.6 is 0 Å². The average molecular weight is 283 g/mol. The fourth-order valence-corrected chi connectivity index (χ4v) is 1.97. The number of phenolic OH excluding ortho intramolecular Hbond substituents is 1. The molecular weight excluding hydrogens is 266 g/mol. The van der Waals surface area contributed by atoms with Gasteiger partial charge in [0.25, 0.3) is 5.91 Å². The van der Waals surface area contributed by atoms with Crippen molar-refractivity contribution in [2.24, 2.45) is 0 Å². The van der Waals surface area contributed by atoms with E-state index in [2.05, 4.69) is 0 Å². The number of ketones is 1. The quantitative estimate of drug-likeness (QED) is 0.693. The fourth-order valence-electron chi connectivity index (χ4n) is 1.97. The minimum absolute atomic E-state index is 0.111. The van der Waals surface area contributed by atoms with E-state index < -0.39 is 11.7 Å². The maximum atomic E-state index is 12.1. The highest BCUT2D eigenvalue weighted by atomic mass is 16.3. The van der Waals surface area contributed by atoms with Gasteiger partial charge < -0.3 is 10.0 Å². The van der Waals surface area contributed by atoms with Crippen LogP contribution in [0.4, 0.5) is 0 Å². The van der Waals surface area contributed by atoms with E-state index in [9.17, 15) is 14.7 Å². The van der Waals surface area contributed by atoms with Gasteiger partial charge in [0.05, 0.1) is 0 Å². The molecule has 1 N–H and O–H groups in total. The number of hydrogen-bond donors (Lipinski definition) is 1. The molecule has 0 bridgehead atoms. The first-order chi connectivity index (χ1) is 9.99. The second-order valence-electron chi connectivity index (χ2n) is 4.99. The summed E-state index contributed by atoms with van der Waals surface area (Å²) in [4.78, 5) is 25.6. The number of carbonyl (C=O) groups is 2. The number of rotatable bonds is 4. The van der Waals surface area contributed by atoms with Gasteiger partial charge in [-0.3, -0.25) is 9.59 Å². The molecule has 0 aromatic heterocycles. The number of benzene rings is 2. The lowest BCUT2D eigenvalue weighted by atomic mass is 10.1. The van der Waals surface area contributed by atoms with Gasteiger partial charge in [-0.1, -0.05) is 48.0 Å². The van der Waals surface area contributed by atoms with Crippen LogP contribution in [-0.4, -0.2) is 28.7 Å². The Bertz CT molecular complexity index is 662. The third kappa shape index (κ3) is 3.48. The molecule has 0 atom stereocenters. The first-order valence-electron chi connectivity index (χ1n) is 6.62. The number of para-hydroxylation sites is 1. The average Bonchev–Trinajstić information content (AvgIpc) is 2.49. The lowest BCUT2D eigenvalue weighted by Gasteiger charge is -2.17. The molecule has 0 aliphatic carbocycles. The molecule has 4 nitrogen and oxygen atoms in total. The monoisotopic (exact) mass is 283 g/mol. The van der Waals surface area contributed by atoms with E-state index in [-0.39, 0.29) is 12.3 Å². The minimum Gasteiger partial charge on any atom is -0.508 e. The van der Waals surface area contributed by atoms with Crippen LogP contribution in [-0.2, 0) is 11.3 Å². The van der Waals surface area contributed by atoms with E-state index >= 15 is 0 Å². The molecule has 0 heterocycles. The Morgan fingerprint density at radius 1 is 1.05 bits per heavy atom. The predicted molar refractivity (Wildman–Crippen MR) is 80.1 cm³/mol. The molecule has 21 heavy (non-hydrogen) atoms. The summed E-state index contributed by atoms with van der Waals surface area (Å²) in [6, 6.07) is 13.6. The molecule has 2 aromatic carbocycles. The van der Waals surface area contributed by atoms with Gasteiger partial charge >= 0.3 is 0 Å². The number of carbonyl (C=O) groups excluding carboxylic acids is 2. The van der Waals surface area contributed by atoms with Gasteiger partial charge in [0.2, 0.25) is 5.78 Å². The second kappa shape index (κ2) is 6.22. The van der Waals surface area contributed by atoms with E-state index in [0.29, 0.717) is 11.1 Å². The first-order valence-corrected chi connectivity index (χ1v) is 6.62. The lowest BCUT2D eigenvalue weighted by Crippen LogP contribution is -2.32. The highest BCUT2D eigenvalue weighted by Crippen LogP contribution is 2.17. The van der Waals surface area contributed by atoms with E-state index in [1.54, 1.807) is 55.6 Å². The third-order valence-electron chi connectivity index (χ3n) is 3.25. The van der Waals surface area contributed by atoms with Crippen molar-refractivity contribution in [3.63, 3.8) is 0 Å². The first kappa shape index (κ1) is 14.8. The number of Topliss-reactive ketones (excluding diaryl/α,β-unsaturated/α-hetero) is 1. The summed E-state index contributed by atoms with van der Waals surface area (Å²) in [6.45, 7) is 2.10. The Labute approximate surface area is 123 Å². The van der Waals surface area contributed by atoms with Crippen LogP contribution in [0.3, 0.4) is 0 Å². The summed E-state index contributed by atoms with van der Waals surface area (Å²) in [5, 5.41) is 9.70. The van der Waals surface area contributed by atoms with Crippen LogP contribution in [0.25, 0.3) is 0 Å². The van der Waals surface area contributed by atoms with Crippen molar-refractivity contribution in [1.82, 2.24) is 4.90 Å². The number of phenols is 1. The Morgan fingerprint density at radius 2 is 1.67 bits per heavy atom. The normalized spacial score (nSPS) is 10.2. The molecule has 0 saturated carbocycles. The molecular formula is C17H17NO3. The molecule has 0 fully saturated rings. The fraction of sp³-hybridized carbons (Fsp3) is 0.176. The SMILES string of the molecule is Cc1ccc(C(=O)C(=O)N(C)Cc2ccccc2O)cc1. The van der Waals surface area contributed by atoms with Crippen molar-refractivity contribution in [2.75, 3.05) is 7.05 Å². The van der Waals surface area contributed by atoms with Crippen LogP contribution in [0.5, 0.6) is 5.75 Å². The maximum Gasteiger partial charge on any atom is 0.295 e. The van der Waals surface area contributed by atoms with E-state index in [1.165, 1.54) is 4.90 Å². The van der Waals surface area contributed by atoms with Crippen molar-refractivity contribution in [2.45, 2.75) is 13.5 Å². The Kier molecular flexibility index (Phi) is 4.38. The lowest BCUT2D eigenvalue weighted by molar-refractivity contribution is -0.125. The van der Waals surface area contributed by atoms with Crippen molar-refractivity contribution in [1.29, 1.82) is 0 Å². The smallest absolute Gasteiger partial charge is 0.295 e. The molecule has 2 aromatic rings. The summed E-state index contributed by atoms with van der Waals surface area (Å²) >= 11 is 0. The summed E-state index contributed by atoms with van der Waals surface area (Å²) in [7, 11) is 1.54. The third-order valence-corrected chi connectivity index (χ3v) is 3.25. The van der Waals surface area contributed by atoms with Crippen molar-refractivity contribution in [3.05, 3.63) is 65.2 Å². The van der Waals surface area contributed by atoms with E-state index in [1.807, 2.05) is 6.92 Å². The van der Waals surface area contributed by atoms with Crippen molar-refractivity contribution >= 4 is 11.7 Å². The number of nitrogens with zero attached hydrogens (tertiary/aromatic N) is 1. The van der Waals surface area contributed by atoms with Gasteiger partial charge in [-0.15, -0.1) is 0 Å². The van der Waals surface area contributed by atoms with Gasteiger partial charge in [0, 0.05) is 24.7 Å². The second-order valence-corrected chi connectivity index (χ2v) is 4.99. The Morgan fingerprint density at radius 3 is 2.29 bits per heavy atom. The van der Waals surface area contributed by atoms with Crippen LogP contribution in [0.1, 0.15) is 21.5 Å². The van der Waals surface area contributed by atoms with Crippen LogP contribution in [0.15, 0.2) is 48.5 Å². The number of hydrogen-bond acceptors (Lipinski definition) is 3. The van der Waals surface area contributed by atoms with Crippen LogP contribution in [0, 0.1) is 6.92 Å².